The third kappa shape index (κ3) is 6.41. The second kappa shape index (κ2) is 12.0. The molecule has 0 N–H and O–H groups in total. The van der Waals surface area contributed by atoms with E-state index in [-0.39, 0.29) is 17.4 Å². The van der Waals surface area contributed by atoms with Crippen LogP contribution >= 0.6 is 0 Å². The lowest BCUT2D eigenvalue weighted by molar-refractivity contribution is -0.198. The van der Waals surface area contributed by atoms with Crippen molar-refractivity contribution in [2.45, 2.75) is 57.5 Å². The lowest BCUT2D eigenvalue weighted by Crippen LogP contribution is -2.67. The maximum absolute atomic E-state index is 7.14. The van der Waals surface area contributed by atoms with Crippen LogP contribution < -0.4 is 15.1 Å². The van der Waals surface area contributed by atoms with Crippen LogP contribution in [-0.4, -0.2) is 40.5 Å². The quantitative estimate of drug-likeness (QED) is 0.349. The fraction of sp³-hybridized carbons (Fsp3) is 0.400. The van der Waals surface area contributed by atoms with Gasteiger partial charge in [-0.2, -0.15) is 0 Å². The van der Waals surface area contributed by atoms with Crippen molar-refractivity contribution in [2.75, 3.05) is 19.8 Å². The summed E-state index contributed by atoms with van der Waals surface area (Å²) in [4.78, 5) is 0. The monoisotopic (exact) mass is 490 g/mol. The van der Waals surface area contributed by atoms with E-state index in [0.717, 1.165) is 31.6 Å². The Morgan fingerprint density at radius 3 is 1.89 bits per heavy atom. The molecule has 1 aliphatic heterocycles. The Balaban J connectivity index is 1.62. The molecule has 4 rings (SSSR count). The van der Waals surface area contributed by atoms with Crippen molar-refractivity contribution in [3.63, 3.8) is 0 Å². The zero-order valence-corrected chi connectivity index (χ0v) is 22.2. The summed E-state index contributed by atoms with van der Waals surface area (Å²) in [6.07, 6.45) is 2.65. The van der Waals surface area contributed by atoms with E-state index in [2.05, 4.69) is 81.4 Å². The van der Waals surface area contributed by atoms with Crippen molar-refractivity contribution in [2.24, 2.45) is 0 Å². The molecule has 1 saturated heterocycles. The second-order valence-corrected chi connectivity index (χ2v) is 14.5. The second-order valence-electron chi connectivity index (χ2n) is 10.2. The summed E-state index contributed by atoms with van der Waals surface area (Å²) in [6.45, 7) is 8.45. The molecular formula is C30H38O4Si. The highest BCUT2D eigenvalue weighted by Crippen LogP contribution is 2.37. The first-order chi connectivity index (χ1) is 17.0. The molecule has 0 bridgehead atoms. The maximum Gasteiger partial charge on any atom is 0.261 e. The van der Waals surface area contributed by atoms with Crippen LogP contribution in [0.1, 0.15) is 40.0 Å². The van der Waals surface area contributed by atoms with Crippen molar-refractivity contribution in [3.05, 3.63) is 91.0 Å². The zero-order chi connectivity index (χ0) is 24.6. The van der Waals surface area contributed by atoms with Crippen molar-refractivity contribution in [1.29, 1.82) is 0 Å². The largest absolute Gasteiger partial charge is 0.491 e. The molecule has 0 spiro atoms. The van der Waals surface area contributed by atoms with E-state index in [1.54, 1.807) is 0 Å². The first kappa shape index (κ1) is 25.6. The summed E-state index contributed by atoms with van der Waals surface area (Å²) in [6, 6.07) is 31.3. The fourth-order valence-corrected chi connectivity index (χ4v) is 9.44. The van der Waals surface area contributed by atoms with Crippen LogP contribution in [0.4, 0.5) is 0 Å². The minimum absolute atomic E-state index is 0.0954. The molecule has 1 fully saturated rings. The van der Waals surface area contributed by atoms with Crippen LogP contribution in [0.25, 0.3) is 0 Å². The predicted octanol–water partition coefficient (Wildman–Crippen LogP) is 5.55. The van der Waals surface area contributed by atoms with E-state index in [1.807, 2.05) is 30.3 Å². The minimum atomic E-state index is -2.66. The number of para-hydroxylation sites is 1. The van der Waals surface area contributed by atoms with Crippen molar-refractivity contribution in [1.82, 2.24) is 0 Å². The molecule has 0 radical (unpaired) electrons. The summed E-state index contributed by atoms with van der Waals surface area (Å²) >= 11 is 0. The molecule has 0 aliphatic carbocycles. The highest BCUT2D eigenvalue weighted by atomic mass is 28.4. The first-order valence-electron chi connectivity index (χ1n) is 12.7. The molecule has 2 atom stereocenters. The van der Waals surface area contributed by atoms with Gasteiger partial charge in [0.15, 0.2) is 6.29 Å². The Kier molecular flexibility index (Phi) is 8.79. The van der Waals surface area contributed by atoms with Crippen molar-refractivity contribution < 1.29 is 18.6 Å². The Hall–Kier alpha value is -2.44. The van der Waals surface area contributed by atoms with Gasteiger partial charge in [0.1, 0.15) is 18.5 Å². The molecule has 3 aromatic rings. The van der Waals surface area contributed by atoms with Crippen LogP contribution in [0.5, 0.6) is 5.75 Å². The standard InChI is InChI=1S/C30H38O4Si/c1-30(2,3)35(27-17-9-5-10-18-27,28-19-11-6-12-20-28)33-24-26(34-29-21-13-14-22-31-29)23-32-25-15-7-4-8-16-25/h4-12,15-20,26,29H,13-14,21-24H2,1-3H3/t26-,29?/m0/s1. The summed E-state index contributed by atoms with van der Waals surface area (Å²) in [5.41, 5.74) is 0. The van der Waals surface area contributed by atoms with Gasteiger partial charge in [-0.15, -0.1) is 0 Å². The van der Waals surface area contributed by atoms with Crippen LogP contribution in [0, 0.1) is 0 Å². The topological polar surface area (TPSA) is 36.9 Å². The molecule has 3 aromatic carbocycles. The Morgan fingerprint density at radius 1 is 0.800 bits per heavy atom. The van der Waals surface area contributed by atoms with Crippen LogP contribution in [-0.2, 0) is 13.9 Å². The Labute approximate surface area is 211 Å². The van der Waals surface area contributed by atoms with E-state index >= 15 is 0 Å². The number of hydrogen-bond donors (Lipinski definition) is 0. The van der Waals surface area contributed by atoms with E-state index in [9.17, 15) is 0 Å². The van der Waals surface area contributed by atoms with E-state index in [4.69, 9.17) is 18.6 Å². The van der Waals surface area contributed by atoms with E-state index in [1.165, 1.54) is 10.4 Å². The third-order valence-corrected chi connectivity index (χ3v) is 11.6. The molecule has 5 heteroatoms. The van der Waals surface area contributed by atoms with Gasteiger partial charge in [-0.1, -0.05) is 99.6 Å². The van der Waals surface area contributed by atoms with Crippen LogP contribution in [0.2, 0.25) is 5.04 Å². The van der Waals surface area contributed by atoms with Crippen molar-refractivity contribution >= 4 is 18.7 Å². The summed E-state index contributed by atoms with van der Waals surface area (Å²) in [5.74, 6) is 0.830. The molecule has 0 amide bonds. The van der Waals surface area contributed by atoms with E-state index < -0.39 is 8.32 Å². The Bertz CT molecular complexity index is 959. The van der Waals surface area contributed by atoms with Gasteiger partial charge < -0.3 is 18.6 Å². The fourth-order valence-electron chi connectivity index (χ4n) is 4.85. The molecular weight excluding hydrogens is 452 g/mol. The molecule has 35 heavy (non-hydrogen) atoms. The molecule has 186 valence electrons. The molecule has 1 heterocycles. The maximum atomic E-state index is 7.14. The Morgan fingerprint density at radius 2 is 1.37 bits per heavy atom. The number of benzene rings is 3. The van der Waals surface area contributed by atoms with E-state index in [0.29, 0.717) is 13.2 Å². The van der Waals surface area contributed by atoms with Crippen molar-refractivity contribution in [3.8, 4) is 5.75 Å². The van der Waals surface area contributed by atoms with Gasteiger partial charge in [-0.25, -0.2) is 0 Å². The molecule has 4 nitrogen and oxygen atoms in total. The minimum Gasteiger partial charge on any atom is -0.491 e. The van der Waals surface area contributed by atoms with Gasteiger partial charge in [-0.05, 0) is 46.8 Å². The average molecular weight is 491 g/mol. The number of hydrogen-bond acceptors (Lipinski definition) is 4. The highest BCUT2D eigenvalue weighted by Gasteiger charge is 2.50. The highest BCUT2D eigenvalue weighted by molar-refractivity contribution is 6.99. The SMILES string of the molecule is CC(C)(C)[Si](OC[C@H](COc1ccccc1)OC1CCCCO1)(c1ccccc1)c1ccccc1. The summed E-state index contributed by atoms with van der Waals surface area (Å²) in [5, 5.41) is 2.42. The van der Waals surface area contributed by atoms with Gasteiger partial charge in [-0.3, -0.25) is 0 Å². The molecule has 1 aliphatic rings. The summed E-state index contributed by atoms with van der Waals surface area (Å²) < 4.78 is 25.6. The van der Waals surface area contributed by atoms with Gasteiger partial charge >= 0.3 is 0 Å². The normalized spacial score (nSPS) is 17.6. The van der Waals surface area contributed by atoms with Gasteiger partial charge in [0.25, 0.3) is 8.32 Å². The number of ether oxygens (including phenoxy) is 3. The third-order valence-electron chi connectivity index (χ3n) is 6.56. The zero-order valence-electron chi connectivity index (χ0n) is 21.2. The van der Waals surface area contributed by atoms with Gasteiger partial charge in [0.2, 0.25) is 0 Å². The summed E-state index contributed by atoms with van der Waals surface area (Å²) in [7, 11) is -2.66. The lowest BCUT2D eigenvalue weighted by atomic mass is 10.2. The molecule has 0 aromatic heterocycles. The predicted molar refractivity (Wildman–Crippen MR) is 144 cm³/mol. The molecule has 1 unspecified atom stereocenters. The molecule has 0 saturated carbocycles. The lowest BCUT2D eigenvalue weighted by Gasteiger charge is -2.43. The smallest absolute Gasteiger partial charge is 0.261 e. The average Bonchev–Trinajstić information content (AvgIpc) is 2.89. The van der Waals surface area contributed by atoms with Gasteiger partial charge in [0, 0.05) is 6.61 Å². The van der Waals surface area contributed by atoms with Gasteiger partial charge in [0.05, 0.1) is 6.61 Å². The first-order valence-corrected chi connectivity index (χ1v) is 14.6. The van der Waals surface area contributed by atoms with Crippen LogP contribution in [0.15, 0.2) is 91.0 Å². The van der Waals surface area contributed by atoms with Crippen LogP contribution in [0.3, 0.4) is 0 Å². The number of rotatable bonds is 10.